The number of anilines is 1. The zero-order chi connectivity index (χ0) is 16.9. The number of thiophene rings is 1. The van der Waals surface area contributed by atoms with Crippen molar-refractivity contribution in [1.82, 2.24) is 15.3 Å². The van der Waals surface area contributed by atoms with Gasteiger partial charge in [-0.05, 0) is 31.2 Å². The van der Waals surface area contributed by atoms with E-state index in [1.54, 1.807) is 18.5 Å². The number of hydrogen-bond donors (Lipinski definition) is 2. The number of nitrogens with zero attached hydrogens (tertiary/aromatic N) is 2. The average molecular weight is 358 g/mol. The lowest BCUT2D eigenvalue weighted by molar-refractivity contribution is -0.115. The molecule has 0 aliphatic rings. The summed E-state index contributed by atoms with van der Waals surface area (Å²) < 4.78 is 0. The van der Waals surface area contributed by atoms with Crippen LogP contribution in [0.25, 0.3) is 11.3 Å². The molecule has 3 aromatic rings. The first-order valence-corrected chi connectivity index (χ1v) is 8.82. The van der Waals surface area contributed by atoms with Crippen molar-refractivity contribution >= 4 is 39.6 Å². The van der Waals surface area contributed by atoms with Crippen molar-refractivity contribution in [3.8, 4) is 11.3 Å². The highest BCUT2D eigenvalue weighted by molar-refractivity contribution is 7.14. The van der Waals surface area contributed by atoms with Gasteiger partial charge in [-0.3, -0.25) is 14.6 Å². The van der Waals surface area contributed by atoms with E-state index in [1.165, 1.54) is 22.7 Å². The predicted octanol–water partition coefficient (Wildman–Crippen LogP) is 2.94. The van der Waals surface area contributed by atoms with Crippen LogP contribution in [0.3, 0.4) is 0 Å². The first kappa shape index (κ1) is 16.3. The second-order valence-corrected chi connectivity index (χ2v) is 7.07. The lowest BCUT2D eigenvalue weighted by Gasteiger charge is -2.03. The van der Waals surface area contributed by atoms with E-state index < -0.39 is 0 Å². The normalized spacial score (nSPS) is 10.4. The fraction of sp³-hybridized carbons (Fsp3) is 0.125. The van der Waals surface area contributed by atoms with Crippen LogP contribution >= 0.6 is 22.7 Å². The van der Waals surface area contributed by atoms with Crippen LogP contribution in [0, 0.1) is 6.92 Å². The van der Waals surface area contributed by atoms with E-state index in [4.69, 9.17) is 0 Å². The van der Waals surface area contributed by atoms with Crippen molar-refractivity contribution in [3.63, 3.8) is 0 Å². The molecule has 8 heteroatoms. The molecule has 3 heterocycles. The molecule has 0 radical (unpaired) electrons. The maximum absolute atomic E-state index is 11.9. The van der Waals surface area contributed by atoms with Gasteiger partial charge in [0.25, 0.3) is 5.91 Å². The van der Waals surface area contributed by atoms with Gasteiger partial charge in [0.1, 0.15) is 0 Å². The van der Waals surface area contributed by atoms with Crippen LogP contribution in [-0.4, -0.2) is 28.3 Å². The average Bonchev–Trinajstić information content (AvgIpc) is 3.23. The van der Waals surface area contributed by atoms with Crippen LogP contribution in [0.2, 0.25) is 0 Å². The molecule has 0 atom stereocenters. The van der Waals surface area contributed by atoms with E-state index in [9.17, 15) is 9.59 Å². The van der Waals surface area contributed by atoms with Crippen LogP contribution in [0.15, 0.2) is 42.0 Å². The molecule has 122 valence electrons. The molecule has 6 nitrogen and oxygen atoms in total. The number of aromatic nitrogens is 2. The summed E-state index contributed by atoms with van der Waals surface area (Å²) in [5.41, 5.74) is 1.64. The summed E-state index contributed by atoms with van der Waals surface area (Å²) in [5, 5.41) is 7.61. The first-order valence-electron chi connectivity index (χ1n) is 7.12. The molecule has 0 bridgehead atoms. The topological polar surface area (TPSA) is 84.0 Å². The molecule has 3 aromatic heterocycles. The molecule has 0 aliphatic carbocycles. The highest BCUT2D eigenvalue weighted by Gasteiger charge is 2.11. The molecule has 0 aliphatic heterocycles. The van der Waals surface area contributed by atoms with Crippen LogP contribution in [-0.2, 0) is 4.79 Å². The van der Waals surface area contributed by atoms with Gasteiger partial charge in [0.15, 0.2) is 5.13 Å². The maximum atomic E-state index is 11.9. The van der Waals surface area contributed by atoms with E-state index in [2.05, 4.69) is 20.6 Å². The van der Waals surface area contributed by atoms with Crippen molar-refractivity contribution in [2.75, 3.05) is 11.9 Å². The van der Waals surface area contributed by atoms with Gasteiger partial charge >= 0.3 is 0 Å². The Balaban J connectivity index is 1.54. The Labute approximate surface area is 146 Å². The third-order valence-corrected chi connectivity index (χ3v) is 4.84. The number of pyridine rings is 1. The second-order valence-electron chi connectivity index (χ2n) is 4.92. The Kier molecular flexibility index (Phi) is 4.97. The Hall–Kier alpha value is -2.58. The minimum atomic E-state index is -0.316. The number of aryl methyl sites for hydroxylation is 1. The Morgan fingerprint density at radius 2 is 2.12 bits per heavy atom. The van der Waals surface area contributed by atoms with Crippen molar-refractivity contribution < 1.29 is 9.59 Å². The number of amides is 2. The number of carbonyl (C=O) groups excluding carboxylic acids is 2. The summed E-state index contributed by atoms with van der Waals surface area (Å²) in [5.74, 6) is -0.567. The smallest absolute Gasteiger partial charge is 0.261 e. The molecular weight excluding hydrogens is 344 g/mol. The van der Waals surface area contributed by atoms with Crippen molar-refractivity contribution in [2.24, 2.45) is 0 Å². The summed E-state index contributed by atoms with van der Waals surface area (Å²) in [6.07, 6.45) is 3.40. The third-order valence-electron chi connectivity index (χ3n) is 3.08. The standard InChI is InChI=1S/C16H14N4O2S2/c1-10-4-5-13(24-10)15(22)18-8-14(21)20-16-19-12(9-23-16)11-3-2-6-17-7-11/h2-7,9H,8H2,1H3,(H,18,22)(H,19,20,21). The zero-order valence-electron chi connectivity index (χ0n) is 12.8. The van der Waals surface area contributed by atoms with Crippen LogP contribution in [0.4, 0.5) is 5.13 Å². The molecule has 0 aromatic carbocycles. The Morgan fingerprint density at radius 3 is 2.83 bits per heavy atom. The molecule has 3 rings (SSSR count). The molecule has 24 heavy (non-hydrogen) atoms. The monoisotopic (exact) mass is 358 g/mol. The summed E-state index contributed by atoms with van der Waals surface area (Å²) >= 11 is 2.72. The van der Waals surface area contributed by atoms with Crippen molar-refractivity contribution in [3.05, 3.63) is 51.8 Å². The summed E-state index contributed by atoms with van der Waals surface area (Å²) in [4.78, 5) is 33.9. The Morgan fingerprint density at radius 1 is 1.25 bits per heavy atom. The number of carbonyl (C=O) groups is 2. The zero-order valence-corrected chi connectivity index (χ0v) is 14.4. The summed E-state index contributed by atoms with van der Waals surface area (Å²) in [7, 11) is 0. The molecule has 2 amide bonds. The molecule has 0 saturated carbocycles. The molecule has 0 saturated heterocycles. The van der Waals surface area contributed by atoms with Gasteiger partial charge in [-0.25, -0.2) is 4.98 Å². The summed E-state index contributed by atoms with van der Waals surface area (Å²) in [6, 6.07) is 7.34. The summed E-state index contributed by atoms with van der Waals surface area (Å²) in [6.45, 7) is 1.83. The van der Waals surface area contributed by atoms with Gasteiger partial charge in [0.05, 0.1) is 17.1 Å². The number of thiazole rings is 1. The van der Waals surface area contributed by atoms with E-state index in [0.29, 0.717) is 10.0 Å². The molecule has 0 unspecified atom stereocenters. The van der Waals surface area contributed by atoms with Crippen LogP contribution < -0.4 is 10.6 Å². The lowest BCUT2D eigenvalue weighted by Crippen LogP contribution is -2.32. The van der Waals surface area contributed by atoms with Gasteiger partial charge in [-0.2, -0.15) is 0 Å². The van der Waals surface area contributed by atoms with E-state index >= 15 is 0 Å². The second kappa shape index (κ2) is 7.33. The number of nitrogens with one attached hydrogen (secondary N) is 2. The van der Waals surface area contributed by atoms with Gasteiger partial charge in [0.2, 0.25) is 5.91 Å². The number of hydrogen-bond acceptors (Lipinski definition) is 6. The van der Waals surface area contributed by atoms with Crippen LogP contribution in [0.1, 0.15) is 14.5 Å². The first-order chi connectivity index (χ1) is 11.6. The number of rotatable bonds is 5. The fourth-order valence-corrected chi connectivity index (χ4v) is 3.47. The highest BCUT2D eigenvalue weighted by atomic mass is 32.1. The Bertz CT molecular complexity index is 858. The van der Waals surface area contributed by atoms with E-state index in [1.807, 2.05) is 30.5 Å². The van der Waals surface area contributed by atoms with Gasteiger partial charge < -0.3 is 10.6 Å². The van der Waals surface area contributed by atoms with Crippen molar-refractivity contribution in [1.29, 1.82) is 0 Å². The third kappa shape index (κ3) is 4.03. The van der Waals surface area contributed by atoms with Crippen molar-refractivity contribution in [2.45, 2.75) is 6.92 Å². The fourth-order valence-electron chi connectivity index (χ4n) is 1.95. The van der Waals surface area contributed by atoms with E-state index in [-0.39, 0.29) is 18.4 Å². The quantitative estimate of drug-likeness (QED) is 0.734. The minimum absolute atomic E-state index is 0.0996. The lowest BCUT2D eigenvalue weighted by atomic mass is 10.2. The SMILES string of the molecule is Cc1ccc(C(=O)NCC(=O)Nc2nc(-c3cccnc3)cs2)s1. The van der Waals surface area contributed by atoms with Crippen LogP contribution in [0.5, 0.6) is 0 Å². The molecule has 0 spiro atoms. The highest BCUT2D eigenvalue weighted by Crippen LogP contribution is 2.23. The van der Waals surface area contributed by atoms with Gasteiger partial charge in [0, 0.05) is 28.2 Å². The van der Waals surface area contributed by atoms with E-state index in [0.717, 1.165) is 16.1 Å². The maximum Gasteiger partial charge on any atom is 0.261 e. The largest absolute Gasteiger partial charge is 0.342 e. The molecule has 2 N–H and O–H groups in total. The minimum Gasteiger partial charge on any atom is -0.342 e. The molecule has 0 fully saturated rings. The molecular formula is C16H14N4O2S2. The predicted molar refractivity (Wildman–Crippen MR) is 95.4 cm³/mol. The van der Waals surface area contributed by atoms with Gasteiger partial charge in [-0.1, -0.05) is 0 Å². The van der Waals surface area contributed by atoms with Gasteiger partial charge in [-0.15, -0.1) is 22.7 Å².